The van der Waals surface area contributed by atoms with Crippen LogP contribution in [0.4, 0.5) is 0 Å². The molecule has 0 saturated heterocycles. The second kappa shape index (κ2) is 9.33. The van der Waals surface area contributed by atoms with Crippen LogP contribution in [0.5, 0.6) is 0 Å². The molecule has 2 aromatic rings. The Hall–Kier alpha value is -1.85. The molecular formula is C17H25ClN4O. The van der Waals surface area contributed by atoms with E-state index in [0.717, 1.165) is 18.4 Å². The fourth-order valence-corrected chi connectivity index (χ4v) is 2.41. The Morgan fingerprint density at radius 1 is 1.26 bits per heavy atom. The summed E-state index contributed by atoms with van der Waals surface area (Å²) in [5, 5.41) is 10.1. The van der Waals surface area contributed by atoms with Crippen molar-refractivity contribution < 1.29 is 4.79 Å². The van der Waals surface area contributed by atoms with Crippen LogP contribution in [0.2, 0.25) is 0 Å². The second-order valence-electron chi connectivity index (χ2n) is 5.38. The maximum Gasteiger partial charge on any atom is 0.241 e. The third-order valence-electron chi connectivity index (χ3n) is 3.75. The predicted octanol–water partition coefficient (Wildman–Crippen LogP) is 2.02. The molecule has 0 bridgehead atoms. The van der Waals surface area contributed by atoms with E-state index in [9.17, 15) is 4.79 Å². The van der Waals surface area contributed by atoms with Crippen molar-refractivity contribution in [3.63, 3.8) is 0 Å². The summed E-state index contributed by atoms with van der Waals surface area (Å²) in [4.78, 5) is 12.3. The van der Waals surface area contributed by atoms with Gasteiger partial charge in [-0.05, 0) is 31.0 Å². The standard InChI is InChI=1S/C17H24N4O.ClH/c1-4-13-5-7-14(8-6-13)9-10-19-17(22)16(18-2)15-11-20-21(3)12-15;/h5-8,11-12,16,18H,4,9-10H2,1-3H3,(H,19,22);1H. The zero-order chi connectivity index (χ0) is 15.9. The van der Waals surface area contributed by atoms with Gasteiger partial charge in [0.05, 0.1) is 6.20 Å². The second-order valence-corrected chi connectivity index (χ2v) is 5.38. The Bertz CT molecular complexity index is 609. The van der Waals surface area contributed by atoms with E-state index >= 15 is 0 Å². The van der Waals surface area contributed by atoms with Crippen LogP contribution in [0.3, 0.4) is 0 Å². The Kier molecular flexibility index (Phi) is 7.78. The smallest absolute Gasteiger partial charge is 0.241 e. The fourth-order valence-electron chi connectivity index (χ4n) is 2.41. The Balaban J connectivity index is 0.00000264. The first kappa shape index (κ1) is 19.2. The highest BCUT2D eigenvalue weighted by Gasteiger charge is 2.19. The first-order valence-corrected chi connectivity index (χ1v) is 7.65. The predicted molar refractivity (Wildman–Crippen MR) is 94.8 cm³/mol. The minimum Gasteiger partial charge on any atom is -0.354 e. The van der Waals surface area contributed by atoms with Crippen molar-refractivity contribution in [1.82, 2.24) is 20.4 Å². The maximum atomic E-state index is 12.3. The van der Waals surface area contributed by atoms with E-state index < -0.39 is 0 Å². The summed E-state index contributed by atoms with van der Waals surface area (Å²) in [5.74, 6) is -0.0271. The molecule has 0 aliphatic heterocycles. The van der Waals surface area contributed by atoms with Crippen molar-refractivity contribution in [2.75, 3.05) is 13.6 Å². The van der Waals surface area contributed by atoms with Gasteiger partial charge in [-0.1, -0.05) is 31.2 Å². The maximum absolute atomic E-state index is 12.3. The molecule has 23 heavy (non-hydrogen) atoms. The topological polar surface area (TPSA) is 59.0 Å². The van der Waals surface area contributed by atoms with Gasteiger partial charge in [-0.3, -0.25) is 9.48 Å². The number of nitrogens with one attached hydrogen (secondary N) is 2. The minimum absolute atomic E-state index is 0. The van der Waals surface area contributed by atoms with Crippen LogP contribution in [-0.2, 0) is 24.7 Å². The highest BCUT2D eigenvalue weighted by molar-refractivity contribution is 5.85. The molecule has 1 unspecified atom stereocenters. The van der Waals surface area contributed by atoms with Gasteiger partial charge in [0, 0.05) is 25.4 Å². The summed E-state index contributed by atoms with van der Waals surface area (Å²) in [5.41, 5.74) is 3.44. The zero-order valence-electron chi connectivity index (χ0n) is 13.9. The molecule has 0 aliphatic carbocycles. The summed E-state index contributed by atoms with van der Waals surface area (Å²) >= 11 is 0. The molecule has 0 saturated carbocycles. The van der Waals surface area contributed by atoms with Crippen LogP contribution in [0.15, 0.2) is 36.7 Å². The molecule has 2 N–H and O–H groups in total. The van der Waals surface area contributed by atoms with Gasteiger partial charge in [-0.15, -0.1) is 12.4 Å². The number of halogens is 1. The van der Waals surface area contributed by atoms with Crippen molar-refractivity contribution >= 4 is 18.3 Å². The Morgan fingerprint density at radius 3 is 2.43 bits per heavy atom. The van der Waals surface area contributed by atoms with Gasteiger partial charge >= 0.3 is 0 Å². The van der Waals surface area contributed by atoms with Crippen molar-refractivity contribution in [3.8, 4) is 0 Å². The van der Waals surface area contributed by atoms with Gasteiger partial charge < -0.3 is 10.6 Å². The highest BCUT2D eigenvalue weighted by Crippen LogP contribution is 2.11. The summed E-state index contributed by atoms with van der Waals surface area (Å²) in [6.45, 7) is 2.77. The molecule has 0 spiro atoms. The average molecular weight is 337 g/mol. The first-order valence-electron chi connectivity index (χ1n) is 7.65. The van der Waals surface area contributed by atoms with Gasteiger partial charge in [-0.2, -0.15) is 5.10 Å². The molecule has 0 aliphatic rings. The van der Waals surface area contributed by atoms with E-state index in [1.807, 2.05) is 13.2 Å². The normalized spacial score (nSPS) is 11.6. The van der Waals surface area contributed by atoms with Crippen LogP contribution < -0.4 is 10.6 Å². The van der Waals surface area contributed by atoms with E-state index in [2.05, 4.69) is 46.9 Å². The number of carbonyl (C=O) groups is 1. The number of carbonyl (C=O) groups excluding carboxylic acids is 1. The molecule has 1 aromatic carbocycles. The summed E-state index contributed by atoms with van der Waals surface area (Å²) in [6, 6.07) is 8.17. The SMILES string of the molecule is CCc1ccc(CCNC(=O)C(NC)c2cnn(C)c2)cc1.Cl. The van der Waals surface area contributed by atoms with Gasteiger partial charge in [0.15, 0.2) is 0 Å². The van der Waals surface area contributed by atoms with Crippen molar-refractivity contribution in [3.05, 3.63) is 53.3 Å². The van der Waals surface area contributed by atoms with E-state index in [0.29, 0.717) is 6.54 Å². The van der Waals surface area contributed by atoms with Crippen molar-refractivity contribution in [1.29, 1.82) is 0 Å². The average Bonchev–Trinajstić information content (AvgIpc) is 2.95. The molecule has 1 heterocycles. The quantitative estimate of drug-likeness (QED) is 0.813. The molecule has 5 nitrogen and oxygen atoms in total. The number of aromatic nitrogens is 2. The van der Waals surface area contributed by atoms with Crippen LogP contribution in [0.1, 0.15) is 29.7 Å². The number of amides is 1. The third kappa shape index (κ3) is 5.37. The molecule has 0 radical (unpaired) electrons. The van der Waals surface area contributed by atoms with Gasteiger partial charge in [0.2, 0.25) is 5.91 Å². The molecule has 6 heteroatoms. The van der Waals surface area contributed by atoms with Gasteiger partial charge in [0.25, 0.3) is 0 Å². The summed E-state index contributed by atoms with van der Waals surface area (Å²) in [7, 11) is 3.62. The minimum atomic E-state index is -0.365. The van der Waals surface area contributed by atoms with Crippen molar-refractivity contribution in [2.45, 2.75) is 25.8 Å². The lowest BCUT2D eigenvalue weighted by Crippen LogP contribution is -2.36. The number of hydrogen-bond donors (Lipinski definition) is 2. The summed E-state index contributed by atoms with van der Waals surface area (Å²) < 4.78 is 1.70. The van der Waals surface area contributed by atoms with Gasteiger partial charge in [-0.25, -0.2) is 0 Å². The third-order valence-corrected chi connectivity index (χ3v) is 3.75. The molecule has 2 rings (SSSR count). The van der Waals surface area contributed by atoms with Crippen LogP contribution >= 0.6 is 12.4 Å². The number of rotatable bonds is 7. The molecule has 1 amide bonds. The fraction of sp³-hybridized carbons (Fsp3) is 0.412. The van der Waals surface area contributed by atoms with Crippen LogP contribution in [0.25, 0.3) is 0 Å². The van der Waals surface area contributed by atoms with Crippen LogP contribution in [0, 0.1) is 0 Å². The van der Waals surface area contributed by atoms with Crippen molar-refractivity contribution in [2.24, 2.45) is 7.05 Å². The molecule has 1 atom stereocenters. The summed E-state index contributed by atoms with van der Waals surface area (Å²) in [6.07, 6.45) is 5.44. The largest absolute Gasteiger partial charge is 0.354 e. The zero-order valence-corrected chi connectivity index (χ0v) is 14.7. The number of nitrogens with zero attached hydrogens (tertiary/aromatic N) is 2. The van der Waals surface area contributed by atoms with E-state index in [-0.39, 0.29) is 24.4 Å². The lowest BCUT2D eigenvalue weighted by molar-refractivity contribution is -0.123. The Labute approximate surface area is 143 Å². The number of hydrogen-bond acceptors (Lipinski definition) is 3. The highest BCUT2D eigenvalue weighted by atomic mass is 35.5. The van der Waals surface area contributed by atoms with Crippen LogP contribution in [-0.4, -0.2) is 29.3 Å². The molecule has 0 fully saturated rings. The number of aryl methyl sites for hydroxylation is 2. The first-order chi connectivity index (χ1) is 10.6. The lowest BCUT2D eigenvalue weighted by Gasteiger charge is -2.14. The number of benzene rings is 1. The Morgan fingerprint density at radius 2 is 1.91 bits per heavy atom. The monoisotopic (exact) mass is 336 g/mol. The molecule has 1 aromatic heterocycles. The molecular weight excluding hydrogens is 312 g/mol. The molecule has 126 valence electrons. The number of likely N-dealkylation sites (N-methyl/N-ethyl adjacent to an activating group) is 1. The van der Waals surface area contributed by atoms with E-state index in [1.165, 1.54) is 11.1 Å². The van der Waals surface area contributed by atoms with Gasteiger partial charge in [0.1, 0.15) is 6.04 Å². The lowest BCUT2D eigenvalue weighted by atomic mass is 10.1. The van der Waals surface area contributed by atoms with E-state index in [4.69, 9.17) is 0 Å². The van der Waals surface area contributed by atoms with E-state index in [1.54, 1.807) is 17.9 Å².